The summed E-state index contributed by atoms with van der Waals surface area (Å²) in [5, 5.41) is 0.987. The van der Waals surface area contributed by atoms with Crippen LogP contribution in [-0.2, 0) is 6.42 Å². The first-order valence-electron chi connectivity index (χ1n) is 6.43. The summed E-state index contributed by atoms with van der Waals surface area (Å²) in [5.41, 5.74) is 4.65. The number of benzene rings is 1. The second-order valence-corrected chi connectivity index (χ2v) is 5.91. The highest BCUT2D eigenvalue weighted by Crippen LogP contribution is 2.25. The highest BCUT2D eigenvalue weighted by atomic mass is 32.1. The Kier molecular flexibility index (Phi) is 5.22. The molecule has 2 rings (SSSR count). The maximum atomic E-state index is 12.1. The van der Waals surface area contributed by atoms with Crippen LogP contribution in [0.4, 0.5) is 8.78 Å². The Morgan fingerprint density at radius 3 is 2.43 bits per heavy atom. The van der Waals surface area contributed by atoms with Crippen LogP contribution in [0.5, 0.6) is 5.75 Å². The molecule has 0 amide bonds. The minimum Gasteiger partial charge on any atom is -0.435 e. The Morgan fingerprint density at radius 2 is 1.95 bits per heavy atom. The van der Waals surface area contributed by atoms with Crippen LogP contribution < -0.4 is 16.0 Å². The molecule has 1 unspecified atom stereocenters. The number of hydrogen-bond acceptors (Lipinski definition) is 5. The van der Waals surface area contributed by atoms with Crippen molar-refractivity contribution in [2.45, 2.75) is 32.9 Å². The van der Waals surface area contributed by atoms with Gasteiger partial charge in [0.25, 0.3) is 0 Å². The van der Waals surface area contributed by atoms with Crippen molar-refractivity contribution in [2.75, 3.05) is 0 Å². The fourth-order valence-electron chi connectivity index (χ4n) is 1.96. The Hall–Kier alpha value is -1.57. The average molecular weight is 313 g/mol. The summed E-state index contributed by atoms with van der Waals surface area (Å²) in [6.07, 6.45) is 0.644. The molecule has 1 aromatic carbocycles. The Balaban J connectivity index is 2.09. The monoisotopic (exact) mass is 313 g/mol. The van der Waals surface area contributed by atoms with Gasteiger partial charge < -0.3 is 4.74 Å². The summed E-state index contributed by atoms with van der Waals surface area (Å²) < 4.78 is 28.5. The molecule has 1 heterocycles. The summed E-state index contributed by atoms with van der Waals surface area (Å²) in [6, 6.07) is 6.31. The van der Waals surface area contributed by atoms with Gasteiger partial charge in [0.1, 0.15) is 5.75 Å². The van der Waals surface area contributed by atoms with Crippen LogP contribution in [0.1, 0.15) is 27.2 Å². The number of nitrogens with one attached hydrogen (secondary N) is 1. The van der Waals surface area contributed by atoms with E-state index in [0.29, 0.717) is 6.42 Å². The third-order valence-corrected chi connectivity index (χ3v) is 4.26. The van der Waals surface area contributed by atoms with E-state index in [2.05, 4.69) is 15.1 Å². The quantitative estimate of drug-likeness (QED) is 0.635. The Morgan fingerprint density at radius 1 is 1.29 bits per heavy atom. The maximum absolute atomic E-state index is 12.1. The van der Waals surface area contributed by atoms with Crippen molar-refractivity contribution >= 4 is 11.3 Å². The number of hydrogen-bond donors (Lipinski definition) is 2. The molecule has 0 radical (unpaired) electrons. The van der Waals surface area contributed by atoms with Crippen LogP contribution in [0.3, 0.4) is 0 Å². The Labute approximate surface area is 125 Å². The number of hydrazine groups is 1. The largest absolute Gasteiger partial charge is 0.435 e. The molecule has 7 heteroatoms. The van der Waals surface area contributed by atoms with Gasteiger partial charge in [-0.05, 0) is 31.5 Å². The average Bonchev–Trinajstić information content (AvgIpc) is 2.75. The van der Waals surface area contributed by atoms with Crippen LogP contribution in [0.25, 0.3) is 0 Å². The second kappa shape index (κ2) is 6.93. The fraction of sp³-hybridized carbons (Fsp3) is 0.357. The van der Waals surface area contributed by atoms with E-state index in [1.54, 1.807) is 23.5 Å². The van der Waals surface area contributed by atoms with Crippen LogP contribution >= 0.6 is 11.3 Å². The number of alkyl halides is 2. The molecule has 1 atom stereocenters. The van der Waals surface area contributed by atoms with Crippen LogP contribution in [0.2, 0.25) is 0 Å². The van der Waals surface area contributed by atoms with Gasteiger partial charge in [-0.2, -0.15) is 8.78 Å². The molecule has 0 aliphatic rings. The van der Waals surface area contributed by atoms with Gasteiger partial charge in [0.05, 0.1) is 16.7 Å². The van der Waals surface area contributed by atoms with Gasteiger partial charge in [0.15, 0.2) is 0 Å². The van der Waals surface area contributed by atoms with Gasteiger partial charge in [0.2, 0.25) is 0 Å². The van der Waals surface area contributed by atoms with Crippen molar-refractivity contribution in [3.63, 3.8) is 0 Å². The van der Waals surface area contributed by atoms with E-state index in [-0.39, 0.29) is 11.8 Å². The first-order valence-corrected chi connectivity index (χ1v) is 7.25. The number of halogens is 2. The SMILES string of the molecule is Cc1nc(CC(NN)c2ccc(OC(F)F)cc2)sc1C. The highest BCUT2D eigenvalue weighted by molar-refractivity contribution is 7.11. The lowest BCUT2D eigenvalue weighted by Crippen LogP contribution is -2.29. The molecule has 0 saturated heterocycles. The molecule has 4 nitrogen and oxygen atoms in total. The van der Waals surface area contributed by atoms with Crippen LogP contribution in [-0.4, -0.2) is 11.6 Å². The molecular formula is C14H17F2N3OS. The molecule has 0 aliphatic carbocycles. The van der Waals surface area contributed by atoms with Gasteiger partial charge >= 0.3 is 6.61 Å². The maximum Gasteiger partial charge on any atom is 0.387 e. The van der Waals surface area contributed by atoms with Crippen molar-refractivity contribution in [1.29, 1.82) is 0 Å². The lowest BCUT2D eigenvalue weighted by atomic mass is 10.0. The number of nitrogens with two attached hydrogens (primary N) is 1. The zero-order chi connectivity index (χ0) is 15.4. The lowest BCUT2D eigenvalue weighted by Gasteiger charge is -2.15. The number of thiazole rings is 1. The predicted molar refractivity (Wildman–Crippen MR) is 78.4 cm³/mol. The summed E-state index contributed by atoms with van der Waals surface area (Å²) in [6.45, 7) is 1.18. The lowest BCUT2D eigenvalue weighted by molar-refractivity contribution is -0.0498. The number of aromatic nitrogens is 1. The molecular weight excluding hydrogens is 296 g/mol. The van der Waals surface area contributed by atoms with Gasteiger partial charge in [0, 0.05) is 11.3 Å². The van der Waals surface area contributed by atoms with Crippen LogP contribution in [0.15, 0.2) is 24.3 Å². The first-order chi connectivity index (χ1) is 9.99. The number of aryl methyl sites for hydroxylation is 2. The smallest absolute Gasteiger partial charge is 0.387 e. The number of nitrogens with zero attached hydrogens (tertiary/aromatic N) is 1. The van der Waals surface area contributed by atoms with Crippen molar-refractivity contribution in [3.05, 3.63) is 45.4 Å². The zero-order valence-electron chi connectivity index (χ0n) is 11.8. The summed E-state index contributed by atoms with van der Waals surface area (Å²) in [5.74, 6) is 5.72. The zero-order valence-corrected chi connectivity index (χ0v) is 12.6. The minimum absolute atomic E-state index is 0.129. The summed E-state index contributed by atoms with van der Waals surface area (Å²) >= 11 is 1.63. The van der Waals surface area contributed by atoms with Gasteiger partial charge in [-0.15, -0.1) is 11.3 Å². The van der Waals surface area contributed by atoms with E-state index < -0.39 is 6.61 Å². The van der Waals surface area contributed by atoms with E-state index in [4.69, 9.17) is 5.84 Å². The molecule has 114 valence electrons. The molecule has 0 aliphatic heterocycles. The van der Waals surface area contributed by atoms with Crippen LogP contribution in [0, 0.1) is 13.8 Å². The van der Waals surface area contributed by atoms with E-state index in [0.717, 1.165) is 16.3 Å². The second-order valence-electron chi connectivity index (χ2n) is 4.62. The topological polar surface area (TPSA) is 60.2 Å². The van der Waals surface area contributed by atoms with E-state index in [9.17, 15) is 8.78 Å². The summed E-state index contributed by atoms with van der Waals surface area (Å²) in [4.78, 5) is 5.66. The number of ether oxygens (including phenoxy) is 1. The van der Waals surface area contributed by atoms with Crippen molar-refractivity contribution < 1.29 is 13.5 Å². The standard InChI is InChI=1S/C14H17F2N3OS/c1-8-9(2)21-13(18-8)7-12(19-17)10-3-5-11(6-4-10)20-14(15)16/h3-6,12,14,19H,7,17H2,1-2H3. The molecule has 0 spiro atoms. The summed E-state index contributed by atoms with van der Waals surface area (Å²) in [7, 11) is 0. The van der Waals surface area contributed by atoms with Gasteiger partial charge in [-0.3, -0.25) is 11.3 Å². The fourth-order valence-corrected chi connectivity index (χ4v) is 2.94. The van der Waals surface area contributed by atoms with Crippen molar-refractivity contribution in [1.82, 2.24) is 10.4 Å². The van der Waals surface area contributed by atoms with Crippen molar-refractivity contribution in [3.8, 4) is 5.75 Å². The molecule has 0 bridgehead atoms. The number of rotatable bonds is 6. The molecule has 0 saturated carbocycles. The molecule has 21 heavy (non-hydrogen) atoms. The van der Waals surface area contributed by atoms with Gasteiger partial charge in [-0.25, -0.2) is 4.98 Å². The molecule has 3 N–H and O–H groups in total. The van der Waals surface area contributed by atoms with Gasteiger partial charge in [-0.1, -0.05) is 12.1 Å². The highest BCUT2D eigenvalue weighted by Gasteiger charge is 2.14. The van der Waals surface area contributed by atoms with E-state index in [1.807, 2.05) is 13.8 Å². The first kappa shape index (κ1) is 15.8. The third kappa shape index (κ3) is 4.20. The minimum atomic E-state index is -2.82. The molecule has 2 aromatic rings. The van der Waals surface area contributed by atoms with E-state index in [1.165, 1.54) is 17.0 Å². The normalized spacial score (nSPS) is 12.7. The molecule has 0 fully saturated rings. The Bertz CT molecular complexity index is 567. The van der Waals surface area contributed by atoms with Crippen molar-refractivity contribution in [2.24, 2.45) is 5.84 Å². The molecule has 1 aromatic heterocycles. The third-order valence-electron chi connectivity index (χ3n) is 3.16. The predicted octanol–water partition coefficient (Wildman–Crippen LogP) is 3.11. The van der Waals surface area contributed by atoms with E-state index >= 15 is 0 Å².